The third-order valence-corrected chi connectivity index (χ3v) is 3.07. The molecule has 1 heterocycles. The van der Waals surface area contributed by atoms with E-state index in [1.165, 1.54) is 6.07 Å². The zero-order valence-electron chi connectivity index (χ0n) is 9.97. The largest absolute Gasteiger partial charge is 0.264 e. The quantitative estimate of drug-likeness (QED) is 0.654. The van der Waals surface area contributed by atoms with Gasteiger partial charge in [0.25, 0.3) is 0 Å². The lowest BCUT2D eigenvalue weighted by Gasteiger charge is -2.07. The molecule has 0 atom stereocenters. The van der Waals surface area contributed by atoms with Crippen LogP contribution in [0.15, 0.2) is 54.9 Å². The van der Waals surface area contributed by atoms with Crippen LogP contribution in [0.5, 0.6) is 0 Å². The highest BCUT2D eigenvalue weighted by atomic mass is 19.1. The monoisotopic (exact) mass is 248 g/mol. The van der Waals surface area contributed by atoms with Gasteiger partial charge in [-0.15, -0.1) is 0 Å². The molecule has 2 nitrogen and oxygen atoms in total. The van der Waals surface area contributed by atoms with Crippen LogP contribution in [0.1, 0.15) is 5.56 Å². The normalized spacial score (nSPS) is 10.3. The van der Waals surface area contributed by atoms with Gasteiger partial charge in [-0.3, -0.25) is 4.98 Å². The molecule has 0 saturated heterocycles. The van der Waals surface area contributed by atoms with E-state index in [1.807, 2.05) is 12.1 Å². The van der Waals surface area contributed by atoms with Gasteiger partial charge in [0, 0.05) is 23.2 Å². The van der Waals surface area contributed by atoms with E-state index in [1.54, 1.807) is 36.7 Å². The van der Waals surface area contributed by atoms with Crippen LogP contribution in [-0.2, 0) is 0 Å². The van der Waals surface area contributed by atoms with Gasteiger partial charge < -0.3 is 0 Å². The van der Waals surface area contributed by atoms with Gasteiger partial charge in [-0.1, -0.05) is 18.2 Å². The van der Waals surface area contributed by atoms with Crippen LogP contribution < -0.4 is 0 Å². The van der Waals surface area contributed by atoms with Crippen LogP contribution in [0.4, 0.5) is 4.39 Å². The standard InChI is InChI=1S/C16H9FN2/c17-16-5-4-13(15-10-19-7-6-14(15)16)12-3-1-2-11(8-12)9-18/h1-8,10H. The van der Waals surface area contributed by atoms with E-state index in [0.29, 0.717) is 10.9 Å². The average Bonchev–Trinajstić information content (AvgIpc) is 2.48. The predicted molar refractivity (Wildman–Crippen MR) is 71.9 cm³/mol. The number of fused-ring (bicyclic) bond motifs is 1. The van der Waals surface area contributed by atoms with E-state index in [0.717, 1.165) is 16.5 Å². The van der Waals surface area contributed by atoms with Crippen LogP contribution >= 0.6 is 0 Å². The average molecular weight is 248 g/mol. The van der Waals surface area contributed by atoms with Gasteiger partial charge in [-0.2, -0.15) is 5.26 Å². The molecule has 0 radical (unpaired) electrons. The minimum Gasteiger partial charge on any atom is -0.264 e. The summed E-state index contributed by atoms with van der Waals surface area (Å²) in [6.07, 6.45) is 3.22. The van der Waals surface area contributed by atoms with Gasteiger partial charge in [0.1, 0.15) is 5.82 Å². The summed E-state index contributed by atoms with van der Waals surface area (Å²) < 4.78 is 13.7. The smallest absolute Gasteiger partial charge is 0.131 e. The topological polar surface area (TPSA) is 36.7 Å². The highest BCUT2D eigenvalue weighted by Crippen LogP contribution is 2.29. The molecule has 0 saturated carbocycles. The molecular formula is C16H9FN2. The zero-order valence-corrected chi connectivity index (χ0v) is 9.97. The van der Waals surface area contributed by atoms with Crippen LogP contribution in [0.25, 0.3) is 21.9 Å². The minimum absolute atomic E-state index is 0.266. The third kappa shape index (κ3) is 1.94. The van der Waals surface area contributed by atoms with Crippen molar-refractivity contribution in [1.82, 2.24) is 4.98 Å². The Labute approximate surface area is 109 Å². The number of halogens is 1. The number of benzene rings is 2. The second-order valence-corrected chi connectivity index (χ2v) is 4.21. The Morgan fingerprint density at radius 1 is 1.05 bits per heavy atom. The summed E-state index contributed by atoms with van der Waals surface area (Å²) in [6, 6.07) is 14.2. The molecule has 3 heteroatoms. The number of pyridine rings is 1. The molecule has 0 aliphatic heterocycles. The van der Waals surface area contributed by atoms with Crippen molar-refractivity contribution >= 4 is 10.8 Å². The molecule has 19 heavy (non-hydrogen) atoms. The fourth-order valence-electron chi connectivity index (χ4n) is 2.16. The van der Waals surface area contributed by atoms with Crippen molar-refractivity contribution < 1.29 is 4.39 Å². The first-order valence-corrected chi connectivity index (χ1v) is 5.82. The zero-order chi connectivity index (χ0) is 13.2. The molecule has 3 rings (SSSR count). The molecule has 2 aromatic carbocycles. The Balaban J connectivity index is 2.31. The Morgan fingerprint density at radius 2 is 1.95 bits per heavy atom. The first-order chi connectivity index (χ1) is 9.29. The third-order valence-electron chi connectivity index (χ3n) is 3.07. The van der Waals surface area contributed by atoms with Crippen LogP contribution in [0, 0.1) is 17.1 Å². The molecule has 0 aliphatic rings. The molecule has 90 valence electrons. The summed E-state index contributed by atoms with van der Waals surface area (Å²) in [5.41, 5.74) is 2.34. The van der Waals surface area contributed by atoms with Gasteiger partial charge in [-0.05, 0) is 35.4 Å². The SMILES string of the molecule is N#Cc1cccc(-c2ccc(F)c3ccncc23)c1. The van der Waals surface area contributed by atoms with Crippen molar-refractivity contribution in [1.29, 1.82) is 5.26 Å². The van der Waals surface area contributed by atoms with E-state index in [-0.39, 0.29) is 5.82 Å². The molecule has 0 N–H and O–H groups in total. The second kappa shape index (κ2) is 4.51. The molecule has 0 bridgehead atoms. The lowest BCUT2D eigenvalue weighted by molar-refractivity contribution is 0.640. The van der Waals surface area contributed by atoms with Gasteiger partial charge >= 0.3 is 0 Å². The lowest BCUT2D eigenvalue weighted by Crippen LogP contribution is -1.87. The van der Waals surface area contributed by atoms with Crippen molar-refractivity contribution in [2.24, 2.45) is 0 Å². The van der Waals surface area contributed by atoms with Gasteiger partial charge in [0.15, 0.2) is 0 Å². The highest BCUT2D eigenvalue weighted by molar-refractivity contribution is 5.96. The summed E-state index contributed by atoms with van der Waals surface area (Å²) >= 11 is 0. The van der Waals surface area contributed by atoms with E-state index in [2.05, 4.69) is 11.1 Å². The molecule has 0 amide bonds. The van der Waals surface area contributed by atoms with E-state index in [9.17, 15) is 4.39 Å². The summed E-state index contributed by atoms with van der Waals surface area (Å²) in [5, 5.41) is 10.2. The van der Waals surface area contributed by atoms with Gasteiger partial charge in [0.2, 0.25) is 0 Å². The van der Waals surface area contributed by atoms with Crippen molar-refractivity contribution in [2.75, 3.05) is 0 Å². The Hall–Kier alpha value is -2.73. The maximum absolute atomic E-state index is 13.7. The fourth-order valence-corrected chi connectivity index (χ4v) is 2.16. The molecule has 0 aliphatic carbocycles. The summed E-state index contributed by atoms with van der Waals surface area (Å²) in [7, 11) is 0. The number of nitriles is 1. The molecule has 3 aromatic rings. The van der Waals surface area contributed by atoms with Gasteiger partial charge in [-0.25, -0.2) is 4.39 Å². The summed E-state index contributed by atoms with van der Waals surface area (Å²) in [5.74, 6) is -0.266. The number of nitrogens with zero attached hydrogens (tertiary/aromatic N) is 2. The van der Waals surface area contributed by atoms with E-state index in [4.69, 9.17) is 5.26 Å². The van der Waals surface area contributed by atoms with Crippen LogP contribution in [0.2, 0.25) is 0 Å². The summed E-state index contributed by atoms with van der Waals surface area (Å²) in [6.45, 7) is 0. The van der Waals surface area contributed by atoms with Crippen molar-refractivity contribution in [3.05, 3.63) is 66.2 Å². The Morgan fingerprint density at radius 3 is 2.79 bits per heavy atom. The molecule has 0 unspecified atom stereocenters. The second-order valence-electron chi connectivity index (χ2n) is 4.21. The summed E-state index contributed by atoms with van der Waals surface area (Å²) in [4.78, 5) is 4.05. The molecule has 0 fully saturated rings. The minimum atomic E-state index is -0.266. The van der Waals surface area contributed by atoms with Crippen molar-refractivity contribution in [3.63, 3.8) is 0 Å². The number of hydrogen-bond acceptors (Lipinski definition) is 2. The number of aromatic nitrogens is 1. The first-order valence-electron chi connectivity index (χ1n) is 5.82. The fraction of sp³-hybridized carbons (Fsp3) is 0. The Bertz CT molecular complexity index is 803. The van der Waals surface area contributed by atoms with E-state index >= 15 is 0 Å². The van der Waals surface area contributed by atoms with Crippen LogP contribution in [0.3, 0.4) is 0 Å². The highest BCUT2D eigenvalue weighted by Gasteiger charge is 2.08. The number of rotatable bonds is 1. The number of hydrogen-bond donors (Lipinski definition) is 0. The van der Waals surface area contributed by atoms with Crippen molar-refractivity contribution in [2.45, 2.75) is 0 Å². The lowest BCUT2D eigenvalue weighted by atomic mass is 9.98. The van der Waals surface area contributed by atoms with E-state index < -0.39 is 0 Å². The molecular weight excluding hydrogens is 239 g/mol. The maximum Gasteiger partial charge on any atom is 0.131 e. The molecule has 1 aromatic heterocycles. The predicted octanol–water partition coefficient (Wildman–Crippen LogP) is 3.91. The van der Waals surface area contributed by atoms with Crippen LogP contribution in [-0.4, -0.2) is 4.98 Å². The van der Waals surface area contributed by atoms with Crippen molar-refractivity contribution in [3.8, 4) is 17.2 Å². The maximum atomic E-state index is 13.7. The Kier molecular flexibility index (Phi) is 2.70. The first kappa shape index (κ1) is 11.4. The van der Waals surface area contributed by atoms with Gasteiger partial charge in [0.05, 0.1) is 11.6 Å². The molecule has 0 spiro atoms.